The van der Waals surface area contributed by atoms with Crippen LogP contribution in [0.4, 0.5) is 11.4 Å². The zero-order chi connectivity index (χ0) is 19.9. The molecule has 0 aromatic heterocycles. The van der Waals surface area contributed by atoms with Crippen molar-refractivity contribution in [3.8, 4) is 11.5 Å². The van der Waals surface area contributed by atoms with E-state index in [0.717, 1.165) is 10.8 Å². The molecule has 0 bridgehead atoms. The van der Waals surface area contributed by atoms with Crippen molar-refractivity contribution in [2.75, 3.05) is 0 Å². The average molecular weight is 443 g/mol. The van der Waals surface area contributed by atoms with E-state index in [1.165, 1.54) is 6.07 Å². The quantitative estimate of drug-likeness (QED) is 0.398. The minimum Gasteiger partial charge on any atom is -0.506 e. The molecule has 0 aliphatic heterocycles. The van der Waals surface area contributed by atoms with E-state index in [1.54, 1.807) is 24.3 Å². The number of hydrogen-bond acceptors (Lipinski definition) is 4. The predicted molar refractivity (Wildman–Crippen MR) is 112 cm³/mol. The number of para-hydroxylation sites is 1. The van der Waals surface area contributed by atoms with Crippen molar-refractivity contribution in [2.24, 2.45) is 10.2 Å². The maximum absolute atomic E-state index is 10.2. The summed E-state index contributed by atoms with van der Waals surface area (Å²) in [7, 11) is 0. The van der Waals surface area contributed by atoms with Gasteiger partial charge in [-0.2, -0.15) is 0 Å². The second-order valence-corrected chi connectivity index (χ2v) is 4.34. The second-order valence-electron chi connectivity index (χ2n) is 4.34. The molecule has 0 saturated carbocycles. The number of azo groups is 1. The van der Waals surface area contributed by atoms with Crippen LogP contribution < -0.4 is 0 Å². The van der Waals surface area contributed by atoms with E-state index in [0.29, 0.717) is 11.4 Å². The molecule has 0 unspecified atom stereocenters. The molecule has 0 aliphatic carbocycles. The molecule has 0 amide bonds. The first-order valence-electron chi connectivity index (χ1n) is 9.16. The topological polar surface area (TPSA) is 65.2 Å². The molecule has 0 heterocycles. The van der Waals surface area contributed by atoms with Crippen LogP contribution in [-0.4, -0.2) is 10.2 Å². The fourth-order valence-corrected chi connectivity index (χ4v) is 1.98. The maximum atomic E-state index is 10.2. The van der Waals surface area contributed by atoms with Gasteiger partial charge in [0.1, 0.15) is 17.1 Å². The third kappa shape index (κ3) is 8.19. The molecule has 0 fully saturated rings. The van der Waals surface area contributed by atoms with Crippen LogP contribution in [0, 0.1) is 0 Å². The molecular weight excluding hydrogens is 413 g/mol. The summed E-state index contributed by atoms with van der Waals surface area (Å²) in [6.45, 7) is 12.0. The van der Waals surface area contributed by atoms with E-state index in [9.17, 15) is 10.2 Å². The van der Waals surface area contributed by atoms with Gasteiger partial charge in [0.15, 0.2) is 5.75 Å². The van der Waals surface area contributed by atoms with Gasteiger partial charge in [0, 0.05) is 38.1 Å². The van der Waals surface area contributed by atoms with Crippen LogP contribution in [-0.2, 0) is 32.7 Å². The van der Waals surface area contributed by atoms with Crippen molar-refractivity contribution in [1.82, 2.24) is 0 Å². The first-order valence-corrected chi connectivity index (χ1v) is 9.16. The van der Waals surface area contributed by atoms with Gasteiger partial charge in [-0.25, -0.2) is 0 Å². The number of fused-ring (bicyclic) bond motifs is 1. The molecule has 3 rings (SSSR count). The summed E-state index contributed by atoms with van der Waals surface area (Å²) in [6, 6.07) is 17.7. The molecule has 0 aliphatic rings. The third-order valence-corrected chi connectivity index (χ3v) is 3.03. The van der Waals surface area contributed by atoms with E-state index in [1.807, 2.05) is 71.9 Å². The number of hydrogen-bond donors (Lipinski definition) is 2. The number of benzene rings is 3. The second kappa shape index (κ2) is 16.4. The van der Waals surface area contributed by atoms with Gasteiger partial charge in [-0.15, -0.1) is 10.2 Å². The molecule has 0 atom stereocenters. The summed E-state index contributed by atoms with van der Waals surface area (Å²) in [5.41, 5.74) is 0.729. The summed E-state index contributed by atoms with van der Waals surface area (Å²) in [5, 5.41) is 29.4. The largest absolute Gasteiger partial charge is 0.506 e. The Kier molecular flexibility index (Phi) is 16.7. The van der Waals surface area contributed by atoms with Crippen LogP contribution in [0.25, 0.3) is 10.8 Å². The van der Waals surface area contributed by atoms with Gasteiger partial charge in [0.05, 0.1) is 0 Å². The van der Waals surface area contributed by atoms with Crippen LogP contribution in [0.2, 0.25) is 0 Å². The van der Waals surface area contributed by atoms with Crippen molar-refractivity contribution in [3.05, 3.63) is 60.7 Å². The van der Waals surface area contributed by atoms with Gasteiger partial charge in [-0.3, -0.25) is 0 Å². The summed E-state index contributed by atoms with van der Waals surface area (Å²) in [4.78, 5) is 0. The van der Waals surface area contributed by atoms with Gasteiger partial charge in [-0.1, -0.05) is 84.0 Å². The SMILES string of the molecule is CC.CC.CC.Oc1ccccc1N=Nc1ccc2ccccc2c1O.[Y]. The maximum Gasteiger partial charge on any atom is 0.150 e. The van der Waals surface area contributed by atoms with Crippen LogP contribution in [0.3, 0.4) is 0 Å². The Balaban J connectivity index is 0. The first kappa shape index (κ1) is 27.4. The van der Waals surface area contributed by atoms with Crippen molar-refractivity contribution in [1.29, 1.82) is 0 Å². The Morgan fingerprint density at radius 3 is 1.74 bits per heavy atom. The van der Waals surface area contributed by atoms with Gasteiger partial charge < -0.3 is 10.2 Å². The van der Waals surface area contributed by atoms with E-state index in [-0.39, 0.29) is 44.2 Å². The molecule has 0 spiro atoms. The Morgan fingerprint density at radius 1 is 0.593 bits per heavy atom. The molecule has 27 heavy (non-hydrogen) atoms. The third-order valence-electron chi connectivity index (χ3n) is 3.03. The Hall–Kier alpha value is -1.78. The van der Waals surface area contributed by atoms with Crippen molar-refractivity contribution in [3.63, 3.8) is 0 Å². The van der Waals surface area contributed by atoms with Crippen LogP contribution in [0.15, 0.2) is 70.9 Å². The van der Waals surface area contributed by atoms with E-state index in [4.69, 9.17) is 0 Å². The normalized spacial score (nSPS) is 8.96. The smallest absolute Gasteiger partial charge is 0.150 e. The van der Waals surface area contributed by atoms with Crippen LogP contribution in [0.5, 0.6) is 11.5 Å². The molecule has 3 aromatic carbocycles. The Morgan fingerprint density at radius 2 is 1.11 bits per heavy atom. The molecule has 143 valence electrons. The van der Waals surface area contributed by atoms with Crippen LogP contribution >= 0.6 is 0 Å². The molecule has 0 saturated heterocycles. The zero-order valence-electron chi connectivity index (χ0n) is 17.1. The minimum absolute atomic E-state index is 0. The summed E-state index contributed by atoms with van der Waals surface area (Å²) < 4.78 is 0. The Labute approximate surface area is 188 Å². The Bertz CT molecular complexity index is 805. The van der Waals surface area contributed by atoms with Gasteiger partial charge >= 0.3 is 0 Å². The monoisotopic (exact) mass is 443 g/mol. The number of rotatable bonds is 2. The summed E-state index contributed by atoms with van der Waals surface area (Å²) in [6.07, 6.45) is 0. The molecule has 2 N–H and O–H groups in total. The van der Waals surface area contributed by atoms with Crippen LogP contribution in [0.1, 0.15) is 41.5 Å². The number of phenolic OH excluding ortho intramolecular Hbond substituents is 2. The standard InChI is InChI=1S/C16H12N2O2.3C2H6.Y/c19-15-8-4-3-7-13(15)17-18-14-10-9-11-5-1-2-6-12(11)16(14)20;3*1-2;/h1-10,19-20H;3*1-2H3;. The molecule has 5 heteroatoms. The number of nitrogens with zero attached hydrogens (tertiary/aromatic N) is 2. The number of aromatic hydroxyl groups is 2. The average Bonchev–Trinajstić information content (AvgIpc) is 2.73. The number of phenols is 2. The van der Waals surface area contributed by atoms with Crippen molar-refractivity contribution < 1.29 is 42.9 Å². The molecular formula is C22H30N2O2Y. The van der Waals surface area contributed by atoms with Gasteiger partial charge in [0.25, 0.3) is 0 Å². The van der Waals surface area contributed by atoms with Crippen molar-refractivity contribution >= 4 is 22.1 Å². The molecule has 1 radical (unpaired) electrons. The molecule has 4 nitrogen and oxygen atoms in total. The van der Waals surface area contributed by atoms with E-state index in [2.05, 4.69) is 10.2 Å². The summed E-state index contributed by atoms with van der Waals surface area (Å²) in [5.74, 6) is 0.138. The van der Waals surface area contributed by atoms with Gasteiger partial charge in [0.2, 0.25) is 0 Å². The fraction of sp³-hybridized carbons (Fsp3) is 0.273. The summed E-state index contributed by atoms with van der Waals surface area (Å²) >= 11 is 0. The predicted octanol–water partition coefficient (Wildman–Crippen LogP) is 7.74. The first-order chi connectivity index (χ1) is 12.8. The minimum atomic E-state index is 0. The van der Waals surface area contributed by atoms with Crippen molar-refractivity contribution in [2.45, 2.75) is 41.5 Å². The van der Waals surface area contributed by atoms with Gasteiger partial charge in [-0.05, 0) is 23.6 Å². The van der Waals surface area contributed by atoms with E-state index < -0.39 is 0 Å². The molecule has 3 aromatic rings. The van der Waals surface area contributed by atoms with E-state index >= 15 is 0 Å². The fourth-order valence-electron chi connectivity index (χ4n) is 1.98. The zero-order valence-corrected chi connectivity index (χ0v) is 20.0.